The molecule has 1 aromatic heterocycles. The van der Waals surface area contributed by atoms with Gasteiger partial charge in [0.25, 0.3) is 0 Å². The van der Waals surface area contributed by atoms with Gasteiger partial charge in [0, 0.05) is 24.1 Å². The monoisotopic (exact) mass is 488 g/mol. The number of carboxylic acid groups (broad SMARTS) is 1. The number of para-hydroxylation sites is 1. The zero-order chi connectivity index (χ0) is 24.9. The number of ether oxygens (including phenoxy) is 1. The molecule has 0 bridgehead atoms. The summed E-state index contributed by atoms with van der Waals surface area (Å²) < 4.78 is 35.7. The van der Waals surface area contributed by atoms with Crippen molar-refractivity contribution in [3.05, 3.63) is 48.7 Å². The van der Waals surface area contributed by atoms with Crippen LogP contribution in [0, 0.1) is 0 Å². The molecule has 12 heteroatoms. The lowest BCUT2D eigenvalue weighted by Crippen LogP contribution is -2.37. The highest BCUT2D eigenvalue weighted by Gasteiger charge is 2.26. The fourth-order valence-electron chi connectivity index (χ4n) is 3.34. The third-order valence-electron chi connectivity index (χ3n) is 4.73. The molecule has 0 fully saturated rings. The molecule has 0 aliphatic carbocycles. The average molecular weight is 489 g/mol. The van der Waals surface area contributed by atoms with Gasteiger partial charge in [-0.25, -0.2) is 13.1 Å². The molecule has 0 radical (unpaired) electrons. The lowest BCUT2D eigenvalue weighted by Gasteiger charge is -2.20. The lowest BCUT2D eigenvalue weighted by molar-refractivity contribution is -0.138. The molecule has 11 nitrogen and oxygen atoms in total. The molecule has 0 spiro atoms. The van der Waals surface area contributed by atoms with E-state index in [0.717, 1.165) is 10.9 Å². The molecule has 1 heterocycles. The molecule has 2 atom stereocenters. The number of aliphatic carboxylic acids is 1. The summed E-state index contributed by atoms with van der Waals surface area (Å²) >= 11 is 0. The minimum absolute atomic E-state index is 0.0808. The predicted octanol–water partition coefficient (Wildman–Crippen LogP) is 1.78. The summed E-state index contributed by atoms with van der Waals surface area (Å²) in [6.45, 7) is 3.32. The molecule has 1 amide bonds. The minimum Gasteiger partial charge on any atom is -0.487 e. The van der Waals surface area contributed by atoms with Crippen molar-refractivity contribution in [2.24, 2.45) is 0 Å². The summed E-state index contributed by atoms with van der Waals surface area (Å²) in [5, 5.41) is 16.7. The first kappa shape index (κ1) is 24.9. The van der Waals surface area contributed by atoms with E-state index in [-0.39, 0.29) is 22.8 Å². The SMILES string of the molecule is CC(=O)Nc1ccc(S(=O)(=O)N[C@H](C=O)CC(=O)O)c(O[C@H](C)Cn2ncc3ccccc32)c1. The second-order valence-corrected chi connectivity index (χ2v) is 9.30. The highest BCUT2D eigenvalue weighted by Crippen LogP contribution is 2.29. The number of anilines is 1. The van der Waals surface area contributed by atoms with Crippen LogP contribution < -0.4 is 14.8 Å². The van der Waals surface area contributed by atoms with Crippen molar-refractivity contribution in [1.82, 2.24) is 14.5 Å². The van der Waals surface area contributed by atoms with Gasteiger partial charge in [-0.05, 0) is 25.1 Å². The molecule has 3 N–H and O–H groups in total. The van der Waals surface area contributed by atoms with Crippen LogP contribution in [0.15, 0.2) is 53.6 Å². The van der Waals surface area contributed by atoms with Crippen LogP contribution in [-0.2, 0) is 31.0 Å². The average Bonchev–Trinajstić information content (AvgIpc) is 3.15. The van der Waals surface area contributed by atoms with Crippen molar-refractivity contribution in [3.8, 4) is 5.75 Å². The van der Waals surface area contributed by atoms with Gasteiger partial charge in [-0.3, -0.25) is 14.3 Å². The van der Waals surface area contributed by atoms with Crippen molar-refractivity contribution in [2.45, 2.75) is 43.9 Å². The van der Waals surface area contributed by atoms with Crippen LogP contribution in [-0.4, -0.2) is 53.6 Å². The third kappa shape index (κ3) is 6.17. The van der Waals surface area contributed by atoms with Crippen LogP contribution in [0.2, 0.25) is 0 Å². The Hall–Kier alpha value is -3.77. The number of carboxylic acids is 1. The van der Waals surface area contributed by atoms with E-state index in [4.69, 9.17) is 9.84 Å². The number of nitrogens with one attached hydrogen (secondary N) is 2. The van der Waals surface area contributed by atoms with E-state index in [0.29, 0.717) is 12.2 Å². The first-order valence-corrected chi connectivity index (χ1v) is 11.8. The number of hydrogen-bond acceptors (Lipinski definition) is 7. The predicted molar refractivity (Wildman–Crippen MR) is 123 cm³/mol. The van der Waals surface area contributed by atoms with Crippen LogP contribution in [0.25, 0.3) is 10.9 Å². The molecule has 0 saturated heterocycles. The number of fused-ring (bicyclic) bond motifs is 1. The highest BCUT2D eigenvalue weighted by molar-refractivity contribution is 7.89. The second kappa shape index (κ2) is 10.4. The van der Waals surface area contributed by atoms with Gasteiger partial charge >= 0.3 is 5.97 Å². The maximum Gasteiger partial charge on any atom is 0.305 e. The number of rotatable bonds is 11. The quantitative estimate of drug-likeness (QED) is 0.345. The topological polar surface area (TPSA) is 157 Å². The fraction of sp³-hybridized carbons (Fsp3) is 0.273. The van der Waals surface area contributed by atoms with E-state index in [1.54, 1.807) is 17.8 Å². The van der Waals surface area contributed by atoms with Gasteiger partial charge in [0.05, 0.1) is 30.7 Å². The number of aldehydes is 1. The van der Waals surface area contributed by atoms with Crippen LogP contribution >= 0.6 is 0 Å². The zero-order valence-electron chi connectivity index (χ0n) is 18.5. The Morgan fingerprint density at radius 3 is 2.65 bits per heavy atom. The van der Waals surface area contributed by atoms with E-state index in [9.17, 15) is 22.8 Å². The minimum atomic E-state index is -4.34. The molecule has 2 aromatic carbocycles. The Balaban J connectivity index is 1.90. The van der Waals surface area contributed by atoms with E-state index < -0.39 is 34.6 Å². The molecule has 0 saturated carbocycles. The van der Waals surface area contributed by atoms with Crippen molar-refractivity contribution in [2.75, 3.05) is 5.32 Å². The fourth-order valence-corrected chi connectivity index (χ4v) is 4.62. The van der Waals surface area contributed by atoms with Crippen molar-refractivity contribution in [3.63, 3.8) is 0 Å². The summed E-state index contributed by atoms with van der Waals surface area (Å²) in [7, 11) is -4.34. The Labute approximate surface area is 195 Å². The van der Waals surface area contributed by atoms with Crippen LogP contribution in [0.1, 0.15) is 20.3 Å². The summed E-state index contributed by atoms with van der Waals surface area (Å²) in [6, 6.07) is 10.0. The smallest absolute Gasteiger partial charge is 0.305 e. The van der Waals surface area contributed by atoms with Crippen molar-refractivity contribution >= 4 is 44.8 Å². The molecule has 180 valence electrons. The summed E-state index contributed by atoms with van der Waals surface area (Å²) in [5.74, 6) is -1.78. The number of carbonyl (C=O) groups is 3. The van der Waals surface area contributed by atoms with Gasteiger partial charge in [0.1, 0.15) is 23.0 Å². The summed E-state index contributed by atoms with van der Waals surface area (Å²) in [4.78, 5) is 33.3. The molecular formula is C22H24N4O7S. The maximum atomic E-state index is 13.0. The number of amides is 1. The van der Waals surface area contributed by atoms with E-state index in [1.165, 1.54) is 25.1 Å². The van der Waals surface area contributed by atoms with Gasteiger partial charge in [-0.2, -0.15) is 5.10 Å². The first-order chi connectivity index (χ1) is 16.1. The zero-order valence-corrected chi connectivity index (χ0v) is 19.3. The highest BCUT2D eigenvalue weighted by atomic mass is 32.2. The van der Waals surface area contributed by atoms with Crippen molar-refractivity contribution < 1.29 is 32.6 Å². The Bertz CT molecular complexity index is 1320. The van der Waals surface area contributed by atoms with Crippen molar-refractivity contribution in [1.29, 1.82) is 0 Å². The summed E-state index contributed by atoms with van der Waals surface area (Å²) in [6.07, 6.45) is 0.654. The van der Waals surface area contributed by atoms with Gasteiger partial charge in [0.2, 0.25) is 15.9 Å². The molecule has 0 aliphatic rings. The van der Waals surface area contributed by atoms with Crippen LogP contribution in [0.3, 0.4) is 0 Å². The summed E-state index contributed by atoms with van der Waals surface area (Å²) in [5.41, 5.74) is 1.18. The largest absolute Gasteiger partial charge is 0.487 e. The first-order valence-electron chi connectivity index (χ1n) is 10.3. The van der Waals surface area contributed by atoms with E-state index in [1.807, 2.05) is 24.3 Å². The lowest BCUT2D eigenvalue weighted by atomic mass is 10.2. The number of benzene rings is 2. The number of aromatic nitrogens is 2. The van der Waals surface area contributed by atoms with Crippen LogP contribution in [0.4, 0.5) is 5.69 Å². The molecule has 34 heavy (non-hydrogen) atoms. The number of sulfonamides is 1. The van der Waals surface area contributed by atoms with Gasteiger partial charge in [-0.15, -0.1) is 0 Å². The normalized spacial score (nSPS) is 13.2. The molecule has 0 aliphatic heterocycles. The number of carbonyl (C=O) groups excluding carboxylic acids is 2. The second-order valence-electron chi connectivity index (χ2n) is 7.62. The molecule has 3 rings (SSSR count). The molecule has 3 aromatic rings. The Morgan fingerprint density at radius 2 is 1.97 bits per heavy atom. The van der Waals surface area contributed by atoms with Gasteiger partial charge in [-0.1, -0.05) is 18.2 Å². The van der Waals surface area contributed by atoms with E-state index in [2.05, 4.69) is 15.1 Å². The number of hydrogen-bond donors (Lipinski definition) is 3. The number of nitrogens with zero attached hydrogens (tertiary/aromatic N) is 2. The van der Waals surface area contributed by atoms with E-state index >= 15 is 0 Å². The Kier molecular flexibility index (Phi) is 7.64. The van der Waals surface area contributed by atoms with Gasteiger partial charge in [0.15, 0.2) is 0 Å². The molecular weight excluding hydrogens is 464 g/mol. The maximum absolute atomic E-state index is 13.0. The van der Waals surface area contributed by atoms with Crippen LogP contribution in [0.5, 0.6) is 5.75 Å². The standard InChI is InChI=1S/C22H24N4O7S/c1-14(12-26-19-6-4-3-5-16(19)11-23-26)33-20-9-17(24-15(2)28)7-8-21(20)34(31,32)25-18(13-27)10-22(29)30/h3-9,11,13-14,18,25H,10,12H2,1-2H3,(H,24,28)(H,29,30)/t14-,18+/m1/s1. The molecule has 0 unspecified atom stereocenters. The third-order valence-corrected chi connectivity index (χ3v) is 6.26. The van der Waals surface area contributed by atoms with Gasteiger partial charge < -0.3 is 20.0 Å². The Morgan fingerprint density at radius 1 is 1.24 bits per heavy atom.